The number of amides is 1. The number of hydrogen-bond donors (Lipinski definition) is 2. The van der Waals surface area contributed by atoms with Crippen LogP contribution in [0.5, 0.6) is 0 Å². The summed E-state index contributed by atoms with van der Waals surface area (Å²) in [5.74, 6) is -0.0478. The topological polar surface area (TPSA) is 82.7 Å². The van der Waals surface area contributed by atoms with Gasteiger partial charge in [-0.2, -0.15) is 0 Å². The van der Waals surface area contributed by atoms with Crippen molar-refractivity contribution in [2.75, 3.05) is 26.2 Å². The Bertz CT molecular complexity index is 690. The van der Waals surface area contributed by atoms with Crippen molar-refractivity contribution < 1.29 is 9.90 Å². The van der Waals surface area contributed by atoms with Crippen molar-refractivity contribution in [2.45, 2.75) is 19.2 Å². The fourth-order valence-electron chi connectivity index (χ4n) is 3.10. The first kappa shape index (κ1) is 17.5. The van der Waals surface area contributed by atoms with Gasteiger partial charge in [0.2, 0.25) is 0 Å². The molecule has 2 heterocycles. The lowest BCUT2D eigenvalue weighted by atomic mass is 10.1. The molecule has 0 spiro atoms. The van der Waals surface area contributed by atoms with Gasteiger partial charge in [0.25, 0.3) is 5.91 Å². The normalized spacial score (nSPS) is 18.8. The Hall–Kier alpha value is -2.28. The Morgan fingerprint density at radius 3 is 2.48 bits per heavy atom. The van der Waals surface area contributed by atoms with Crippen LogP contribution in [-0.4, -0.2) is 58.1 Å². The Morgan fingerprint density at radius 2 is 1.80 bits per heavy atom. The van der Waals surface area contributed by atoms with E-state index in [0.29, 0.717) is 31.7 Å². The molecule has 0 bridgehead atoms. The fourth-order valence-corrected chi connectivity index (χ4v) is 3.10. The van der Waals surface area contributed by atoms with Gasteiger partial charge in [0.1, 0.15) is 0 Å². The predicted octanol–water partition coefficient (Wildman–Crippen LogP) is 0.859. The Morgan fingerprint density at radius 1 is 1.08 bits per heavy atom. The number of nitrogens with zero attached hydrogens (tertiary/aromatic N) is 3. The quantitative estimate of drug-likeness (QED) is 0.863. The Balaban J connectivity index is 1.64. The van der Waals surface area contributed by atoms with Crippen LogP contribution in [0.2, 0.25) is 0 Å². The second-order valence-electron chi connectivity index (χ2n) is 6.40. The molecule has 6 nitrogen and oxygen atoms in total. The lowest BCUT2D eigenvalue weighted by Crippen LogP contribution is -2.37. The van der Waals surface area contributed by atoms with Crippen molar-refractivity contribution >= 4 is 5.91 Å². The van der Waals surface area contributed by atoms with Gasteiger partial charge >= 0.3 is 0 Å². The van der Waals surface area contributed by atoms with E-state index < -0.39 is 6.10 Å². The van der Waals surface area contributed by atoms with Crippen molar-refractivity contribution in [3.63, 3.8) is 0 Å². The first-order valence-electron chi connectivity index (χ1n) is 8.53. The van der Waals surface area contributed by atoms with Gasteiger partial charge in [-0.25, -0.2) is 0 Å². The number of rotatable bonds is 4. The fraction of sp³-hybridized carbons (Fsp3) is 0.368. The molecule has 1 atom stereocenters. The van der Waals surface area contributed by atoms with Gasteiger partial charge in [0, 0.05) is 57.2 Å². The van der Waals surface area contributed by atoms with E-state index in [2.05, 4.69) is 9.88 Å². The van der Waals surface area contributed by atoms with E-state index in [9.17, 15) is 9.90 Å². The number of nitrogens with two attached hydrogens (primary N) is 1. The molecule has 1 aliphatic heterocycles. The zero-order valence-corrected chi connectivity index (χ0v) is 14.2. The summed E-state index contributed by atoms with van der Waals surface area (Å²) in [6, 6.07) is 11.3. The number of aromatic nitrogens is 1. The molecule has 6 heteroatoms. The summed E-state index contributed by atoms with van der Waals surface area (Å²) < 4.78 is 0. The maximum absolute atomic E-state index is 12.7. The van der Waals surface area contributed by atoms with Gasteiger partial charge in [0.05, 0.1) is 6.10 Å². The molecular weight excluding hydrogens is 316 g/mol. The molecule has 0 aliphatic carbocycles. The van der Waals surface area contributed by atoms with Crippen LogP contribution in [0.1, 0.15) is 21.5 Å². The number of aliphatic hydroxyl groups is 1. The minimum absolute atomic E-state index is 0.0478. The van der Waals surface area contributed by atoms with Crippen LogP contribution >= 0.6 is 0 Å². The second-order valence-corrected chi connectivity index (χ2v) is 6.40. The SMILES string of the molecule is NCc1ccc(C(=O)N2CCN(Cc3ccncc3)C[C@@H](O)C2)cc1. The number of β-amino-alcohol motifs (C(OH)–C–C–N with tert-alkyl or cyclic N) is 1. The van der Waals surface area contributed by atoms with E-state index in [4.69, 9.17) is 5.73 Å². The van der Waals surface area contributed by atoms with Crippen molar-refractivity contribution in [1.82, 2.24) is 14.8 Å². The summed E-state index contributed by atoms with van der Waals surface area (Å²) in [4.78, 5) is 20.6. The third-order valence-corrected chi connectivity index (χ3v) is 4.47. The van der Waals surface area contributed by atoms with Crippen molar-refractivity contribution in [3.05, 3.63) is 65.5 Å². The molecule has 1 aromatic carbocycles. The van der Waals surface area contributed by atoms with Crippen LogP contribution in [0.3, 0.4) is 0 Å². The third-order valence-electron chi connectivity index (χ3n) is 4.47. The zero-order valence-electron chi connectivity index (χ0n) is 14.2. The summed E-state index contributed by atoms with van der Waals surface area (Å²) in [6.45, 7) is 3.43. The molecule has 1 amide bonds. The van der Waals surface area contributed by atoms with Gasteiger partial charge in [0.15, 0.2) is 0 Å². The third kappa shape index (κ3) is 4.63. The van der Waals surface area contributed by atoms with E-state index in [1.807, 2.05) is 24.3 Å². The van der Waals surface area contributed by atoms with Crippen LogP contribution in [0.4, 0.5) is 0 Å². The van der Waals surface area contributed by atoms with Gasteiger partial charge in [-0.05, 0) is 35.4 Å². The van der Waals surface area contributed by atoms with Crippen molar-refractivity contribution in [3.8, 4) is 0 Å². The molecule has 1 aromatic heterocycles. The maximum atomic E-state index is 12.7. The molecule has 132 valence electrons. The lowest BCUT2D eigenvalue weighted by Gasteiger charge is -2.22. The summed E-state index contributed by atoms with van der Waals surface area (Å²) in [5, 5.41) is 10.3. The number of carbonyl (C=O) groups is 1. The Labute approximate surface area is 147 Å². The van der Waals surface area contributed by atoms with E-state index in [-0.39, 0.29) is 5.91 Å². The molecule has 1 aliphatic rings. The second kappa shape index (κ2) is 8.20. The van der Waals surface area contributed by atoms with Gasteiger partial charge in [-0.3, -0.25) is 14.7 Å². The minimum atomic E-state index is -0.559. The summed E-state index contributed by atoms with van der Waals surface area (Å²) in [6.07, 6.45) is 2.98. The molecule has 3 rings (SSSR count). The van der Waals surface area contributed by atoms with Crippen molar-refractivity contribution in [2.24, 2.45) is 5.73 Å². The minimum Gasteiger partial charge on any atom is -0.390 e. The van der Waals surface area contributed by atoms with Crippen LogP contribution in [0, 0.1) is 0 Å². The number of hydrogen-bond acceptors (Lipinski definition) is 5. The number of pyridine rings is 1. The molecule has 0 radical (unpaired) electrons. The molecule has 0 unspecified atom stereocenters. The van der Waals surface area contributed by atoms with Crippen molar-refractivity contribution in [1.29, 1.82) is 0 Å². The lowest BCUT2D eigenvalue weighted by molar-refractivity contribution is 0.0663. The summed E-state index contributed by atoms with van der Waals surface area (Å²) in [5.41, 5.74) is 8.38. The largest absolute Gasteiger partial charge is 0.390 e. The highest BCUT2D eigenvalue weighted by molar-refractivity contribution is 5.94. The van der Waals surface area contributed by atoms with Gasteiger partial charge in [-0.1, -0.05) is 12.1 Å². The molecular formula is C19H24N4O2. The van der Waals surface area contributed by atoms with Crippen LogP contribution in [0.15, 0.2) is 48.8 Å². The predicted molar refractivity (Wildman–Crippen MR) is 95.8 cm³/mol. The zero-order chi connectivity index (χ0) is 17.6. The summed E-state index contributed by atoms with van der Waals surface area (Å²) >= 11 is 0. The number of benzene rings is 1. The smallest absolute Gasteiger partial charge is 0.253 e. The highest BCUT2D eigenvalue weighted by Crippen LogP contribution is 2.13. The van der Waals surface area contributed by atoms with E-state index >= 15 is 0 Å². The standard InChI is InChI=1S/C19H24N4O2/c20-11-15-1-3-17(4-2-15)19(25)23-10-9-22(13-18(24)14-23)12-16-5-7-21-8-6-16/h1-8,18,24H,9-14,20H2/t18-/m1/s1. The Kier molecular flexibility index (Phi) is 5.75. The first-order chi connectivity index (χ1) is 12.2. The average molecular weight is 340 g/mol. The molecule has 25 heavy (non-hydrogen) atoms. The first-order valence-corrected chi connectivity index (χ1v) is 8.53. The molecule has 1 saturated heterocycles. The highest BCUT2D eigenvalue weighted by Gasteiger charge is 2.25. The average Bonchev–Trinajstić information content (AvgIpc) is 2.83. The molecule has 2 aromatic rings. The van der Waals surface area contributed by atoms with Gasteiger partial charge < -0.3 is 15.7 Å². The monoisotopic (exact) mass is 340 g/mol. The number of aliphatic hydroxyl groups excluding tert-OH is 1. The molecule has 0 saturated carbocycles. The van der Waals surface area contributed by atoms with Crippen LogP contribution in [0.25, 0.3) is 0 Å². The van der Waals surface area contributed by atoms with Crippen LogP contribution < -0.4 is 5.73 Å². The molecule has 3 N–H and O–H groups in total. The summed E-state index contributed by atoms with van der Waals surface area (Å²) in [7, 11) is 0. The van der Waals surface area contributed by atoms with Gasteiger partial charge in [-0.15, -0.1) is 0 Å². The van der Waals surface area contributed by atoms with E-state index in [1.54, 1.807) is 29.4 Å². The maximum Gasteiger partial charge on any atom is 0.253 e. The van der Waals surface area contributed by atoms with E-state index in [1.165, 1.54) is 0 Å². The van der Waals surface area contributed by atoms with Crippen LogP contribution in [-0.2, 0) is 13.1 Å². The van der Waals surface area contributed by atoms with E-state index in [0.717, 1.165) is 24.2 Å². The molecule has 1 fully saturated rings. The number of carbonyl (C=O) groups excluding carboxylic acids is 1. The highest BCUT2D eigenvalue weighted by atomic mass is 16.3.